The van der Waals surface area contributed by atoms with E-state index in [2.05, 4.69) is 20.7 Å². The number of benzene rings is 1. The Morgan fingerprint density at radius 3 is 2.71 bits per heavy atom. The number of aromatic nitrogens is 4. The molecule has 1 aromatic carbocycles. The molecule has 0 aliphatic carbocycles. The van der Waals surface area contributed by atoms with Gasteiger partial charge in [-0.15, -0.1) is 10.2 Å². The van der Waals surface area contributed by atoms with E-state index in [0.29, 0.717) is 29.1 Å². The molecule has 24 heavy (non-hydrogen) atoms. The number of amides is 1. The average molecular weight is 343 g/mol. The Morgan fingerprint density at radius 1 is 1.33 bits per heavy atom. The molecule has 2 heterocycles. The van der Waals surface area contributed by atoms with E-state index in [9.17, 15) is 4.79 Å². The van der Waals surface area contributed by atoms with E-state index in [1.807, 2.05) is 42.8 Å². The van der Waals surface area contributed by atoms with E-state index in [-0.39, 0.29) is 5.91 Å². The molecular formula is C16H17N5O2S. The highest BCUT2D eigenvalue weighted by Crippen LogP contribution is 2.26. The number of nitrogens with one attached hydrogen (secondary N) is 1. The van der Waals surface area contributed by atoms with Gasteiger partial charge in [0.25, 0.3) is 5.91 Å². The third kappa shape index (κ3) is 3.33. The van der Waals surface area contributed by atoms with Gasteiger partial charge in [-0.2, -0.15) is 0 Å². The van der Waals surface area contributed by atoms with Crippen LogP contribution >= 0.6 is 11.8 Å². The van der Waals surface area contributed by atoms with E-state index < -0.39 is 0 Å². The molecule has 0 atom stereocenters. The van der Waals surface area contributed by atoms with Crippen LogP contribution in [0.4, 0.5) is 5.69 Å². The molecule has 7 nitrogen and oxygen atoms in total. The summed E-state index contributed by atoms with van der Waals surface area (Å²) in [5.74, 6) is 0.318. The molecule has 1 N–H and O–H groups in total. The number of hydrogen-bond donors (Lipinski definition) is 1. The molecule has 124 valence electrons. The molecule has 0 saturated carbocycles. The van der Waals surface area contributed by atoms with Gasteiger partial charge in [0.1, 0.15) is 17.7 Å². The first-order chi connectivity index (χ1) is 11.6. The number of anilines is 1. The van der Waals surface area contributed by atoms with Crippen LogP contribution in [0.5, 0.6) is 0 Å². The maximum Gasteiger partial charge on any atom is 0.261 e. The van der Waals surface area contributed by atoms with Crippen LogP contribution < -0.4 is 5.32 Å². The fourth-order valence-corrected chi connectivity index (χ4v) is 2.98. The summed E-state index contributed by atoms with van der Waals surface area (Å²) in [4.78, 5) is 13.4. The van der Waals surface area contributed by atoms with Gasteiger partial charge in [-0.25, -0.2) is 0 Å². The third-order valence-corrected chi connectivity index (χ3v) is 4.55. The number of nitrogens with zero attached hydrogens (tertiary/aromatic N) is 4. The van der Waals surface area contributed by atoms with E-state index in [1.165, 1.54) is 11.8 Å². The van der Waals surface area contributed by atoms with Crippen LogP contribution in [0.15, 0.2) is 45.2 Å². The lowest BCUT2D eigenvalue weighted by atomic mass is 10.1. The summed E-state index contributed by atoms with van der Waals surface area (Å²) in [5, 5.41) is 15.5. The fraction of sp³-hybridized carbons (Fsp3) is 0.250. The smallest absolute Gasteiger partial charge is 0.261 e. The van der Waals surface area contributed by atoms with E-state index in [1.54, 1.807) is 13.3 Å². The van der Waals surface area contributed by atoms with Crippen molar-refractivity contribution in [1.82, 2.24) is 19.9 Å². The summed E-state index contributed by atoms with van der Waals surface area (Å²) in [7, 11) is 1.89. The largest absolute Gasteiger partial charge is 0.361 e. The lowest BCUT2D eigenvalue weighted by Gasteiger charge is -2.06. The van der Waals surface area contributed by atoms with Gasteiger partial charge >= 0.3 is 0 Å². The maximum atomic E-state index is 12.4. The summed E-state index contributed by atoms with van der Waals surface area (Å²) in [6.07, 6.45) is 2.30. The van der Waals surface area contributed by atoms with Gasteiger partial charge in [0, 0.05) is 17.6 Å². The maximum absolute atomic E-state index is 12.4. The minimum Gasteiger partial charge on any atom is -0.361 e. The Labute approximate surface area is 143 Å². The molecule has 2 aromatic heterocycles. The molecule has 8 heteroatoms. The molecule has 0 unspecified atom stereocenters. The summed E-state index contributed by atoms with van der Waals surface area (Å²) in [6.45, 7) is 3.67. The van der Waals surface area contributed by atoms with Crippen LogP contribution in [0.25, 0.3) is 0 Å². The number of aryl methyl sites for hydroxylation is 3. The van der Waals surface area contributed by atoms with Crippen LogP contribution in [0, 0.1) is 6.92 Å². The standard InChI is InChI=1S/C16H17N5O2S/c1-4-13-14(10(2)23-20-13)15(22)18-11-5-7-12(8-6-11)24-16-19-17-9-21(16)3/h5-9H,4H2,1-3H3,(H,18,22). The van der Waals surface area contributed by atoms with Gasteiger partial charge in [0.05, 0.1) is 5.69 Å². The van der Waals surface area contributed by atoms with E-state index >= 15 is 0 Å². The summed E-state index contributed by atoms with van der Waals surface area (Å²) in [6, 6.07) is 7.56. The molecule has 0 spiro atoms. The van der Waals surface area contributed by atoms with E-state index in [4.69, 9.17) is 4.52 Å². The third-order valence-electron chi connectivity index (χ3n) is 3.49. The molecule has 0 saturated heterocycles. The highest BCUT2D eigenvalue weighted by atomic mass is 32.2. The molecule has 0 bridgehead atoms. The lowest BCUT2D eigenvalue weighted by molar-refractivity contribution is 0.102. The van der Waals surface area contributed by atoms with E-state index in [0.717, 1.165) is 10.1 Å². The highest BCUT2D eigenvalue weighted by Gasteiger charge is 2.19. The van der Waals surface area contributed by atoms with Gasteiger partial charge in [0.15, 0.2) is 5.16 Å². The molecular weight excluding hydrogens is 326 g/mol. The predicted molar refractivity (Wildman–Crippen MR) is 90.1 cm³/mol. The first-order valence-electron chi connectivity index (χ1n) is 7.47. The van der Waals surface area contributed by atoms with Crippen molar-refractivity contribution >= 4 is 23.4 Å². The zero-order valence-electron chi connectivity index (χ0n) is 13.6. The minimum atomic E-state index is -0.209. The highest BCUT2D eigenvalue weighted by molar-refractivity contribution is 7.99. The molecule has 3 rings (SSSR count). The Balaban J connectivity index is 1.71. The van der Waals surface area contributed by atoms with Gasteiger partial charge < -0.3 is 14.4 Å². The normalized spacial score (nSPS) is 10.8. The van der Waals surface area contributed by atoms with Crippen LogP contribution in [0.1, 0.15) is 28.7 Å². The Bertz CT molecular complexity index is 854. The van der Waals surface area contributed by atoms with Crippen molar-refractivity contribution in [1.29, 1.82) is 0 Å². The summed E-state index contributed by atoms with van der Waals surface area (Å²) < 4.78 is 6.95. The zero-order valence-corrected chi connectivity index (χ0v) is 14.4. The second-order valence-electron chi connectivity index (χ2n) is 5.22. The number of carbonyl (C=O) groups is 1. The summed E-state index contributed by atoms with van der Waals surface area (Å²) >= 11 is 1.51. The van der Waals surface area contributed by atoms with Gasteiger partial charge in [-0.1, -0.05) is 12.1 Å². The SMILES string of the molecule is CCc1noc(C)c1C(=O)Nc1ccc(Sc2nncn2C)cc1. The minimum absolute atomic E-state index is 0.209. The number of rotatable bonds is 5. The van der Waals surface area contributed by atoms with Crippen molar-refractivity contribution in [2.45, 2.75) is 30.3 Å². The predicted octanol–water partition coefficient (Wildman–Crippen LogP) is 3.08. The van der Waals surface area contributed by atoms with Crippen LogP contribution in [0.3, 0.4) is 0 Å². The van der Waals surface area contributed by atoms with Crippen molar-refractivity contribution in [2.24, 2.45) is 7.05 Å². The molecule has 0 fully saturated rings. The monoisotopic (exact) mass is 343 g/mol. The van der Waals surface area contributed by atoms with Gasteiger partial charge in [0.2, 0.25) is 0 Å². The lowest BCUT2D eigenvalue weighted by Crippen LogP contribution is -2.14. The van der Waals surface area contributed by atoms with Crippen molar-refractivity contribution in [3.63, 3.8) is 0 Å². The van der Waals surface area contributed by atoms with Crippen molar-refractivity contribution in [3.8, 4) is 0 Å². The van der Waals surface area contributed by atoms with Gasteiger partial charge in [-0.05, 0) is 49.4 Å². The van der Waals surface area contributed by atoms with Crippen LogP contribution in [-0.4, -0.2) is 25.8 Å². The van der Waals surface area contributed by atoms with Gasteiger partial charge in [-0.3, -0.25) is 4.79 Å². The Kier molecular flexibility index (Phi) is 4.66. The molecule has 0 aliphatic heterocycles. The molecule has 1 amide bonds. The molecule has 0 aliphatic rings. The second-order valence-corrected chi connectivity index (χ2v) is 6.26. The fourth-order valence-electron chi connectivity index (χ4n) is 2.22. The summed E-state index contributed by atoms with van der Waals surface area (Å²) in [5.41, 5.74) is 1.89. The number of hydrogen-bond acceptors (Lipinski definition) is 6. The van der Waals surface area contributed by atoms with Crippen LogP contribution in [-0.2, 0) is 13.5 Å². The Hall–Kier alpha value is -2.61. The Morgan fingerprint density at radius 2 is 2.08 bits per heavy atom. The van der Waals surface area contributed by atoms with Crippen molar-refractivity contribution < 1.29 is 9.32 Å². The first kappa shape index (κ1) is 16.3. The van der Waals surface area contributed by atoms with Crippen molar-refractivity contribution in [3.05, 3.63) is 47.6 Å². The molecule has 0 radical (unpaired) electrons. The number of carbonyl (C=O) groups excluding carboxylic acids is 1. The quantitative estimate of drug-likeness (QED) is 0.766. The van der Waals surface area contributed by atoms with Crippen LogP contribution in [0.2, 0.25) is 0 Å². The first-order valence-corrected chi connectivity index (χ1v) is 8.28. The average Bonchev–Trinajstić information content (AvgIpc) is 3.15. The molecule has 3 aromatic rings. The second kappa shape index (κ2) is 6.88. The zero-order chi connectivity index (χ0) is 17.1. The van der Waals surface area contributed by atoms with Crippen molar-refractivity contribution in [2.75, 3.05) is 5.32 Å². The topological polar surface area (TPSA) is 85.8 Å².